The van der Waals surface area contributed by atoms with E-state index in [0.717, 1.165) is 16.2 Å². The van der Waals surface area contributed by atoms with Gasteiger partial charge < -0.3 is 4.90 Å². The van der Waals surface area contributed by atoms with Crippen LogP contribution >= 0.6 is 0 Å². The van der Waals surface area contributed by atoms with Gasteiger partial charge in [-0.1, -0.05) is 24.3 Å². The summed E-state index contributed by atoms with van der Waals surface area (Å²) < 4.78 is 1.75. The molecule has 7 nitrogen and oxygen atoms in total. The summed E-state index contributed by atoms with van der Waals surface area (Å²) in [5.41, 5.74) is 2.72. The number of benzene rings is 2. The maximum atomic E-state index is 12.9. The van der Waals surface area contributed by atoms with E-state index in [4.69, 9.17) is 0 Å². The minimum Gasteiger partial charge on any atom is -0.337 e. The largest absolute Gasteiger partial charge is 0.337 e. The summed E-state index contributed by atoms with van der Waals surface area (Å²) >= 11 is 0. The average molecular weight is 400 g/mol. The number of aromatic nitrogens is 2. The fourth-order valence-electron chi connectivity index (χ4n) is 3.45. The van der Waals surface area contributed by atoms with Crippen molar-refractivity contribution in [1.29, 1.82) is 0 Å². The highest BCUT2D eigenvalue weighted by atomic mass is 16.2. The fourth-order valence-corrected chi connectivity index (χ4v) is 3.45. The van der Waals surface area contributed by atoms with Crippen molar-refractivity contribution in [1.82, 2.24) is 19.6 Å². The molecule has 0 bridgehead atoms. The first-order chi connectivity index (χ1) is 14.5. The van der Waals surface area contributed by atoms with E-state index in [2.05, 4.69) is 11.7 Å². The molecule has 30 heavy (non-hydrogen) atoms. The topological polar surface area (TPSA) is 75.5 Å². The molecule has 0 radical (unpaired) electrons. The summed E-state index contributed by atoms with van der Waals surface area (Å²) in [5, 5.41) is 4.35. The smallest absolute Gasteiger partial charge is 0.261 e. The summed E-state index contributed by atoms with van der Waals surface area (Å²) in [7, 11) is 1.69. The zero-order chi connectivity index (χ0) is 21.3. The van der Waals surface area contributed by atoms with E-state index in [1.54, 1.807) is 28.9 Å². The molecule has 3 amide bonds. The number of amides is 3. The molecule has 0 N–H and O–H groups in total. The Bertz CT molecular complexity index is 1150. The van der Waals surface area contributed by atoms with Crippen LogP contribution in [0.2, 0.25) is 0 Å². The van der Waals surface area contributed by atoms with E-state index in [0.29, 0.717) is 17.7 Å². The Morgan fingerprint density at radius 1 is 1.10 bits per heavy atom. The second-order valence-corrected chi connectivity index (χ2v) is 7.06. The maximum Gasteiger partial charge on any atom is 0.261 e. The predicted molar refractivity (Wildman–Crippen MR) is 111 cm³/mol. The van der Waals surface area contributed by atoms with Crippen LogP contribution in [-0.2, 0) is 6.54 Å². The molecule has 1 aliphatic heterocycles. The normalized spacial score (nSPS) is 12.8. The van der Waals surface area contributed by atoms with Crippen molar-refractivity contribution in [3.8, 4) is 5.69 Å². The van der Waals surface area contributed by atoms with Crippen molar-refractivity contribution >= 4 is 17.7 Å². The summed E-state index contributed by atoms with van der Waals surface area (Å²) in [6.07, 6.45) is 5.09. The Labute approximate surface area is 173 Å². The van der Waals surface area contributed by atoms with E-state index in [-0.39, 0.29) is 23.9 Å². The van der Waals surface area contributed by atoms with Gasteiger partial charge in [-0.25, -0.2) is 4.68 Å². The van der Waals surface area contributed by atoms with Gasteiger partial charge >= 0.3 is 0 Å². The Morgan fingerprint density at radius 2 is 1.83 bits per heavy atom. The van der Waals surface area contributed by atoms with Crippen molar-refractivity contribution < 1.29 is 14.4 Å². The summed E-state index contributed by atoms with van der Waals surface area (Å²) in [5.74, 6) is -1.01. The number of para-hydroxylation sites is 1. The van der Waals surface area contributed by atoms with Crippen LogP contribution < -0.4 is 0 Å². The van der Waals surface area contributed by atoms with Gasteiger partial charge in [0.25, 0.3) is 17.7 Å². The lowest BCUT2D eigenvalue weighted by molar-refractivity contribution is 0.0671. The zero-order valence-corrected chi connectivity index (χ0v) is 16.5. The van der Waals surface area contributed by atoms with Crippen molar-refractivity contribution in [2.45, 2.75) is 6.54 Å². The van der Waals surface area contributed by atoms with Crippen LogP contribution in [0.3, 0.4) is 0 Å². The first-order valence-corrected chi connectivity index (χ1v) is 9.45. The molecule has 7 heteroatoms. The van der Waals surface area contributed by atoms with Gasteiger partial charge in [0.1, 0.15) is 0 Å². The van der Waals surface area contributed by atoms with Gasteiger partial charge in [0.15, 0.2) is 0 Å². The van der Waals surface area contributed by atoms with Crippen LogP contribution in [0.4, 0.5) is 0 Å². The molecule has 0 atom stereocenters. The first-order valence-electron chi connectivity index (χ1n) is 9.45. The van der Waals surface area contributed by atoms with Gasteiger partial charge in [0, 0.05) is 37.5 Å². The Balaban J connectivity index is 1.51. The number of carbonyl (C=O) groups is 3. The fraction of sp³-hybridized carbons (Fsp3) is 0.130. The van der Waals surface area contributed by atoms with Crippen LogP contribution in [0.15, 0.2) is 73.6 Å². The van der Waals surface area contributed by atoms with Crippen LogP contribution in [0.5, 0.6) is 0 Å². The Kier molecular flexibility index (Phi) is 5.02. The molecule has 150 valence electrons. The quantitative estimate of drug-likeness (QED) is 0.471. The van der Waals surface area contributed by atoms with Crippen molar-refractivity contribution in [3.05, 3.63) is 95.8 Å². The number of rotatable bonds is 6. The second-order valence-electron chi connectivity index (χ2n) is 7.06. The molecule has 0 saturated heterocycles. The SMILES string of the molecule is C=CCN1C(=O)c2ccc(C(=O)N(C)Cc3cnn(-c4ccccc4)c3)cc2C1=O. The zero-order valence-electron chi connectivity index (χ0n) is 16.5. The number of hydrogen-bond acceptors (Lipinski definition) is 4. The maximum absolute atomic E-state index is 12.9. The van der Waals surface area contributed by atoms with E-state index in [1.807, 2.05) is 36.5 Å². The van der Waals surface area contributed by atoms with Gasteiger partial charge in [-0.05, 0) is 30.3 Å². The highest BCUT2D eigenvalue weighted by molar-refractivity contribution is 6.22. The number of nitrogens with zero attached hydrogens (tertiary/aromatic N) is 4. The molecule has 1 aromatic heterocycles. The van der Waals surface area contributed by atoms with Crippen LogP contribution in [0.25, 0.3) is 5.69 Å². The van der Waals surface area contributed by atoms with Crippen molar-refractivity contribution in [3.63, 3.8) is 0 Å². The average Bonchev–Trinajstić information content (AvgIpc) is 3.32. The molecular weight excluding hydrogens is 380 g/mol. The molecule has 0 fully saturated rings. The van der Waals surface area contributed by atoms with Gasteiger partial charge in [-0.2, -0.15) is 5.10 Å². The minimum absolute atomic E-state index is 0.140. The van der Waals surface area contributed by atoms with Gasteiger partial charge in [-0.15, -0.1) is 6.58 Å². The lowest BCUT2D eigenvalue weighted by Crippen LogP contribution is -2.29. The van der Waals surface area contributed by atoms with E-state index in [1.165, 1.54) is 18.2 Å². The minimum atomic E-state index is -0.406. The third-order valence-electron chi connectivity index (χ3n) is 4.95. The van der Waals surface area contributed by atoms with E-state index < -0.39 is 5.91 Å². The lowest BCUT2D eigenvalue weighted by Gasteiger charge is -2.16. The third-order valence-corrected chi connectivity index (χ3v) is 4.95. The van der Waals surface area contributed by atoms with Crippen molar-refractivity contribution in [2.75, 3.05) is 13.6 Å². The van der Waals surface area contributed by atoms with Crippen LogP contribution in [-0.4, -0.2) is 50.9 Å². The Hall–Kier alpha value is -4.00. The lowest BCUT2D eigenvalue weighted by atomic mass is 10.0. The van der Waals surface area contributed by atoms with Gasteiger partial charge in [0.05, 0.1) is 23.0 Å². The molecular formula is C23H20N4O3. The third kappa shape index (κ3) is 3.41. The molecule has 0 aliphatic carbocycles. The molecule has 0 spiro atoms. The van der Waals surface area contributed by atoms with Gasteiger partial charge in [-0.3, -0.25) is 19.3 Å². The van der Waals surface area contributed by atoms with Crippen LogP contribution in [0.1, 0.15) is 36.6 Å². The highest BCUT2D eigenvalue weighted by Gasteiger charge is 2.35. The van der Waals surface area contributed by atoms with E-state index in [9.17, 15) is 14.4 Å². The molecule has 3 aromatic rings. The molecule has 0 unspecified atom stereocenters. The summed E-state index contributed by atoms with van der Waals surface area (Å²) in [4.78, 5) is 40.4. The number of hydrogen-bond donors (Lipinski definition) is 0. The first kappa shape index (κ1) is 19.3. The molecule has 2 heterocycles. The second kappa shape index (κ2) is 7.79. The standard InChI is InChI=1S/C23H20N4O3/c1-3-11-26-22(29)19-10-9-17(12-20(19)23(26)30)21(28)25(2)14-16-13-24-27(15-16)18-7-5-4-6-8-18/h3-10,12-13,15H,1,11,14H2,2H3. The van der Waals surface area contributed by atoms with Gasteiger partial charge in [0.2, 0.25) is 0 Å². The summed E-state index contributed by atoms with van der Waals surface area (Å²) in [6, 6.07) is 14.3. The van der Waals surface area contributed by atoms with Crippen molar-refractivity contribution in [2.24, 2.45) is 0 Å². The van der Waals surface area contributed by atoms with Crippen LogP contribution in [0, 0.1) is 0 Å². The molecule has 1 aliphatic rings. The predicted octanol–water partition coefficient (Wildman–Crippen LogP) is 2.93. The molecule has 4 rings (SSSR count). The Morgan fingerprint density at radius 3 is 2.57 bits per heavy atom. The highest BCUT2D eigenvalue weighted by Crippen LogP contribution is 2.24. The number of carbonyl (C=O) groups excluding carboxylic acids is 3. The molecule has 0 saturated carbocycles. The number of fused-ring (bicyclic) bond motifs is 1. The monoisotopic (exact) mass is 400 g/mol. The summed E-state index contributed by atoms with van der Waals surface area (Å²) in [6.45, 7) is 4.07. The number of imide groups is 1. The molecule has 2 aromatic carbocycles. The van der Waals surface area contributed by atoms with E-state index >= 15 is 0 Å².